The zero-order valence-electron chi connectivity index (χ0n) is 12.8. The SMILES string of the molecule is Cc1cc(CC[C@H]2CCCN2C(=O)c2cnccn2)ccn1. The Kier molecular flexibility index (Phi) is 4.42. The lowest BCUT2D eigenvalue weighted by Crippen LogP contribution is -2.36. The van der Waals surface area contributed by atoms with E-state index in [1.807, 2.05) is 18.0 Å². The van der Waals surface area contributed by atoms with E-state index < -0.39 is 0 Å². The van der Waals surface area contributed by atoms with Crippen molar-refractivity contribution >= 4 is 5.91 Å². The molecule has 1 saturated heterocycles. The number of pyridine rings is 1. The maximum absolute atomic E-state index is 12.5. The lowest BCUT2D eigenvalue weighted by atomic mass is 10.0. The molecule has 2 aromatic rings. The van der Waals surface area contributed by atoms with Crippen LogP contribution < -0.4 is 0 Å². The minimum atomic E-state index is 0.00140. The number of carbonyl (C=O) groups is 1. The molecule has 3 rings (SSSR count). The summed E-state index contributed by atoms with van der Waals surface area (Å²) in [5.74, 6) is 0.00140. The Bertz CT molecular complexity index is 644. The monoisotopic (exact) mass is 296 g/mol. The number of aryl methyl sites for hydroxylation is 2. The van der Waals surface area contributed by atoms with Crippen molar-refractivity contribution in [3.05, 3.63) is 53.9 Å². The van der Waals surface area contributed by atoms with Gasteiger partial charge in [-0.15, -0.1) is 0 Å². The zero-order chi connectivity index (χ0) is 15.4. The second-order valence-corrected chi connectivity index (χ2v) is 5.73. The first kappa shape index (κ1) is 14.6. The Morgan fingerprint density at radius 2 is 2.23 bits per heavy atom. The van der Waals surface area contributed by atoms with Crippen LogP contribution in [0.15, 0.2) is 36.9 Å². The maximum Gasteiger partial charge on any atom is 0.274 e. The summed E-state index contributed by atoms with van der Waals surface area (Å²) >= 11 is 0. The molecule has 5 nitrogen and oxygen atoms in total. The molecule has 0 aliphatic carbocycles. The molecule has 5 heteroatoms. The lowest BCUT2D eigenvalue weighted by Gasteiger charge is -2.24. The number of hydrogen-bond acceptors (Lipinski definition) is 4. The van der Waals surface area contributed by atoms with E-state index in [2.05, 4.69) is 27.1 Å². The average molecular weight is 296 g/mol. The van der Waals surface area contributed by atoms with Crippen molar-refractivity contribution in [3.8, 4) is 0 Å². The highest BCUT2D eigenvalue weighted by atomic mass is 16.2. The number of likely N-dealkylation sites (tertiary alicyclic amines) is 1. The van der Waals surface area contributed by atoms with Crippen molar-refractivity contribution in [2.24, 2.45) is 0 Å². The van der Waals surface area contributed by atoms with E-state index in [1.54, 1.807) is 18.6 Å². The van der Waals surface area contributed by atoms with Gasteiger partial charge in [0.25, 0.3) is 5.91 Å². The highest BCUT2D eigenvalue weighted by Gasteiger charge is 2.29. The van der Waals surface area contributed by atoms with Gasteiger partial charge in [0, 0.05) is 36.9 Å². The molecule has 22 heavy (non-hydrogen) atoms. The van der Waals surface area contributed by atoms with E-state index >= 15 is 0 Å². The number of rotatable bonds is 4. The van der Waals surface area contributed by atoms with Gasteiger partial charge in [0.05, 0.1) is 6.20 Å². The van der Waals surface area contributed by atoms with Crippen molar-refractivity contribution in [1.82, 2.24) is 19.9 Å². The van der Waals surface area contributed by atoms with Crippen molar-refractivity contribution in [3.63, 3.8) is 0 Å². The molecule has 0 aromatic carbocycles. The molecule has 1 atom stereocenters. The average Bonchev–Trinajstić information content (AvgIpc) is 3.01. The molecule has 1 aliphatic heterocycles. The first-order valence-corrected chi connectivity index (χ1v) is 7.72. The molecule has 0 spiro atoms. The molecule has 2 aromatic heterocycles. The molecule has 114 valence electrons. The van der Waals surface area contributed by atoms with Crippen LogP contribution in [-0.4, -0.2) is 38.3 Å². The molecule has 0 radical (unpaired) electrons. The summed E-state index contributed by atoms with van der Waals surface area (Å²) in [6.07, 6.45) is 10.6. The normalized spacial score (nSPS) is 17.7. The Balaban J connectivity index is 1.65. The number of carbonyl (C=O) groups excluding carboxylic acids is 1. The first-order valence-electron chi connectivity index (χ1n) is 7.72. The van der Waals surface area contributed by atoms with Crippen LogP contribution in [0.25, 0.3) is 0 Å². The fraction of sp³-hybridized carbons (Fsp3) is 0.412. The van der Waals surface area contributed by atoms with E-state index in [4.69, 9.17) is 0 Å². The molecule has 1 fully saturated rings. The summed E-state index contributed by atoms with van der Waals surface area (Å²) < 4.78 is 0. The minimum absolute atomic E-state index is 0.00140. The molecule has 0 saturated carbocycles. The smallest absolute Gasteiger partial charge is 0.274 e. The van der Waals surface area contributed by atoms with Crippen LogP contribution in [0.2, 0.25) is 0 Å². The van der Waals surface area contributed by atoms with Gasteiger partial charge in [-0.25, -0.2) is 4.98 Å². The van der Waals surface area contributed by atoms with E-state index in [0.717, 1.165) is 37.9 Å². The summed E-state index contributed by atoms with van der Waals surface area (Å²) in [6.45, 7) is 2.82. The first-order chi connectivity index (χ1) is 10.7. The number of aromatic nitrogens is 3. The molecule has 0 bridgehead atoms. The van der Waals surface area contributed by atoms with Gasteiger partial charge < -0.3 is 4.90 Å². The van der Waals surface area contributed by atoms with Crippen LogP contribution in [-0.2, 0) is 6.42 Å². The van der Waals surface area contributed by atoms with Crippen molar-refractivity contribution in [2.75, 3.05) is 6.54 Å². The van der Waals surface area contributed by atoms with Crippen LogP contribution >= 0.6 is 0 Å². The standard InChI is InChI=1S/C17H20N4O/c1-13-11-14(6-7-19-13)4-5-15-3-2-10-21(15)17(22)16-12-18-8-9-20-16/h6-9,11-12,15H,2-5,10H2,1H3/t15-/m1/s1. The number of amides is 1. The summed E-state index contributed by atoms with van der Waals surface area (Å²) in [6, 6.07) is 4.46. The fourth-order valence-electron chi connectivity index (χ4n) is 3.05. The Labute approximate surface area is 130 Å². The highest BCUT2D eigenvalue weighted by molar-refractivity contribution is 5.92. The van der Waals surface area contributed by atoms with Crippen LogP contribution in [0.3, 0.4) is 0 Å². The largest absolute Gasteiger partial charge is 0.334 e. The lowest BCUT2D eigenvalue weighted by molar-refractivity contribution is 0.0724. The Morgan fingerprint density at radius 3 is 3.00 bits per heavy atom. The third-order valence-electron chi connectivity index (χ3n) is 4.15. The van der Waals surface area contributed by atoms with Gasteiger partial charge >= 0.3 is 0 Å². The molecule has 0 N–H and O–H groups in total. The second kappa shape index (κ2) is 6.64. The Morgan fingerprint density at radius 1 is 1.32 bits per heavy atom. The second-order valence-electron chi connectivity index (χ2n) is 5.73. The van der Waals surface area contributed by atoms with Crippen LogP contribution in [0, 0.1) is 6.92 Å². The number of hydrogen-bond donors (Lipinski definition) is 0. The van der Waals surface area contributed by atoms with Gasteiger partial charge in [0.1, 0.15) is 5.69 Å². The maximum atomic E-state index is 12.5. The third-order valence-corrected chi connectivity index (χ3v) is 4.15. The summed E-state index contributed by atoms with van der Waals surface area (Å²) in [7, 11) is 0. The summed E-state index contributed by atoms with van der Waals surface area (Å²) in [4.78, 5) is 26.8. The van der Waals surface area contributed by atoms with Gasteiger partial charge in [-0.2, -0.15) is 0 Å². The quantitative estimate of drug-likeness (QED) is 0.869. The summed E-state index contributed by atoms with van der Waals surface area (Å²) in [5.41, 5.74) is 2.76. The number of nitrogens with zero attached hydrogens (tertiary/aromatic N) is 4. The van der Waals surface area contributed by atoms with Gasteiger partial charge in [0.2, 0.25) is 0 Å². The van der Waals surface area contributed by atoms with Crippen molar-refractivity contribution < 1.29 is 4.79 Å². The summed E-state index contributed by atoms with van der Waals surface area (Å²) in [5, 5.41) is 0. The minimum Gasteiger partial charge on any atom is -0.334 e. The third kappa shape index (κ3) is 3.30. The van der Waals surface area contributed by atoms with Gasteiger partial charge in [-0.1, -0.05) is 0 Å². The van der Waals surface area contributed by atoms with Crippen molar-refractivity contribution in [2.45, 2.75) is 38.6 Å². The Hall–Kier alpha value is -2.30. The molecule has 3 heterocycles. The van der Waals surface area contributed by atoms with E-state index in [9.17, 15) is 4.79 Å². The molecule has 0 unspecified atom stereocenters. The van der Waals surface area contributed by atoms with Gasteiger partial charge in [0.15, 0.2) is 0 Å². The van der Waals surface area contributed by atoms with E-state index in [1.165, 1.54) is 5.56 Å². The fourth-order valence-corrected chi connectivity index (χ4v) is 3.05. The zero-order valence-corrected chi connectivity index (χ0v) is 12.8. The van der Waals surface area contributed by atoms with Crippen LogP contribution in [0.1, 0.15) is 41.0 Å². The molecule has 1 amide bonds. The predicted octanol–water partition coefficient (Wildman–Crippen LogP) is 2.42. The van der Waals surface area contributed by atoms with Gasteiger partial charge in [-0.3, -0.25) is 14.8 Å². The topological polar surface area (TPSA) is 59.0 Å². The molecular formula is C17H20N4O. The van der Waals surface area contributed by atoms with Gasteiger partial charge in [-0.05, 0) is 50.3 Å². The molecule has 1 aliphatic rings. The van der Waals surface area contributed by atoms with Crippen LogP contribution in [0.5, 0.6) is 0 Å². The molecular weight excluding hydrogens is 276 g/mol. The van der Waals surface area contributed by atoms with Crippen molar-refractivity contribution in [1.29, 1.82) is 0 Å². The predicted molar refractivity (Wildman–Crippen MR) is 83.4 cm³/mol. The van der Waals surface area contributed by atoms with E-state index in [0.29, 0.717) is 11.7 Å². The van der Waals surface area contributed by atoms with E-state index in [-0.39, 0.29) is 5.91 Å². The highest BCUT2D eigenvalue weighted by Crippen LogP contribution is 2.23. The van der Waals surface area contributed by atoms with Crippen LogP contribution in [0.4, 0.5) is 0 Å².